The van der Waals surface area contributed by atoms with Crippen LogP contribution < -0.4 is 4.74 Å². The van der Waals surface area contributed by atoms with E-state index in [1.807, 2.05) is 25.1 Å². The third-order valence-electron chi connectivity index (χ3n) is 2.63. The summed E-state index contributed by atoms with van der Waals surface area (Å²) in [6.45, 7) is 1.97. The van der Waals surface area contributed by atoms with Crippen molar-refractivity contribution in [3.05, 3.63) is 35.2 Å². The number of aliphatic hydroxyl groups excluding tert-OH is 1. The third kappa shape index (κ3) is 4.74. The molecular weight excluding hydrogens is 304 g/mol. The van der Waals surface area contributed by atoms with Gasteiger partial charge in [-0.15, -0.1) is 0 Å². The highest BCUT2D eigenvalue weighted by Crippen LogP contribution is 2.27. The van der Waals surface area contributed by atoms with Crippen molar-refractivity contribution in [1.29, 1.82) is 0 Å². The van der Waals surface area contributed by atoms with Crippen LogP contribution in [0.25, 0.3) is 0 Å². The van der Waals surface area contributed by atoms with Gasteiger partial charge in [-0.1, -0.05) is 23.6 Å². The maximum absolute atomic E-state index is 8.81. The van der Waals surface area contributed by atoms with Crippen LogP contribution in [0.1, 0.15) is 23.4 Å². The lowest BCUT2D eigenvalue weighted by molar-refractivity contribution is 0.305. The molecule has 2 rings (SSSR count). The maximum Gasteiger partial charge on any atom is 0.170 e. The molecule has 0 aliphatic rings. The van der Waals surface area contributed by atoms with Gasteiger partial charge < -0.3 is 9.84 Å². The molecule has 0 bridgehead atoms. The standard InChI is InChI=1S/C15H16N2O2S2/c1-11-16-15(21-17-11)20-10-13-9-14(19-2)7-6-12(13)5-3-4-8-18/h6-7,9,18H,4,8,10H2,1-2H3. The average molecular weight is 320 g/mol. The number of thioether (sulfide) groups is 1. The van der Waals surface area contributed by atoms with Crippen LogP contribution in [0.4, 0.5) is 0 Å². The zero-order chi connectivity index (χ0) is 15.1. The SMILES string of the molecule is COc1ccc(C#CCCO)c(CSc2nc(C)ns2)c1. The summed E-state index contributed by atoms with van der Waals surface area (Å²) in [7, 11) is 1.65. The van der Waals surface area contributed by atoms with E-state index in [1.165, 1.54) is 11.5 Å². The van der Waals surface area contributed by atoms with E-state index in [-0.39, 0.29) is 6.61 Å². The first kappa shape index (κ1) is 15.8. The molecule has 21 heavy (non-hydrogen) atoms. The number of methoxy groups -OCH3 is 1. The Hall–Kier alpha value is -1.55. The van der Waals surface area contributed by atoms with Crippen LogP contribution >= 0.6 is 23.3 Å². The van der Waals surface area contributed by atoms with E-state index in [0.29, 0.717) is 6.42 Å². The molecule has 0 radical (unpaired) electrons. The fourth-order valence-electron chi connectivity index (χ4n) is 1.63. The van der Waals surface area contributed by atoms with E-state index in [0.717, 1.165) is 32.8 Å². The molecule has 1 heterocycles. The Morgan fingerprint density at radius 2 is 2.29 bits per heavy atom. The van der Waals surface area contributed by atoms with Crippen molar-refractivity contribution < 1.29 is 9.84 Å². The summed E-state index contributed by atoms with van der Waals surface area (Å²) in [6, 6.07) is 5.83. The summed E-state index contributed by atoms with van der Waals surface area (Å²) >= 11 is 3.05. The predicted octanol–water partition coefficient (Wildman–Crippen LogP) is 2.88. The van der Waals surface area contributed by atoms with Crippen molar-refractivity contribution in [2.45, 2.75) is 23.4 Å². The Morgan fingerprint density at radius 3 is 2.95 bits per heavy atom. The van der Waals surface area contributed by atoms with Crippen molar-refractivity contribution in [2.24, 2.45) is 0 Å². The minimum atomic E-state index is 0.0807. The van der Waals surface area contributed by atoms with E-state index < -0.39 is 0 Å². The fraction of sp³-hybridized carbons (Fsp3) is 0.333. The van der Waals surface area contributed by atoms with Gasteiger partial charge in [-0.25, -0.2) is 4.98 Å². The number of hydrogen-bond donors (Lipinski definition) is 1. The van der Waals surface area contributed by atoms with Gasteiger partial charge in [0.05, 0.1) is 13.7 Å². The molecule has 0 saturated heterocycles. The van der Waals surface area contributed by atoms with E-state index in [4.69, 9.17) is 9.84 Å². The molecule has 110 valence electrons. The van der Waals surface area contributed by atoms with Gasteiger partial charge in [0.15, 0.2) is 4.34 Å². The number of aryl methyl sites for hydroxylation is 1. The molecule has 6 heteroatoms. The molecule has 0 atom stereocenters. The highest BCUT2D eigenvalue weighted by Gasteiger charge is 2.06. The second-order valence-corrected chi connectivity index (χ2v) is 6.17. The minimum Gasteiger partial charge on any atom is -0.497 e. The molecule has 0 unspecified atom stereocenters. The molecule has 1 aromatic heterocycles. The lowest BCUT2D eigenvalue weighted by Crippen LogP contribution is -1.91. The normalized spacial score (nSPS) is 10.0. The molecule has 4 nitrogen and oxygen atoms in total. The van der Waals surface area contributed by atoms with Crippen molar-refractivity contribution in [3.63, 3.8) is 0 Å². The Balaban J connectivity index is 2.16. The topological polar surface area (TPSA) is 55.2 Å². The Morgan fingerprint density at radius 1 is 1.43 bits per heavy atom. The number of aromatic nitrogens is 2. The summed E-state index contributed by atoms with van der Waals surface area (Å²) in [5.74, 6) is 8.42. The van der Waals surface area contributed by atoms with Crippen LogP contribution in [0.5, 0.6) is 5.75 Å². The highest BCUT2D eigenvalue weighted by molar-refractivity contribution is 8.00. The number of rotatable bonds is 5. The Labute approximate surface area is 132 Å². The molecule has 0 aliphatic carbocycles. The summed E-state index contributed by atoms with van der Waals surface area (Å²) in [5.41, 5.74) is 2.05. The first-order valence-corrected chi connectivity index (χ1v) is 8.18. The van der Waals surface area contributed by atoms with Crippen molar-refractivity contribution in [3.8, 4) is 17.6 Å². The predicted molar refractivity (Wildman–Crippen MR) is 85.8 cm³/mol. The van der Waals surface area contributed by atoms with Crippen LogP contribution in [0, 0.1) is 18.8 Å². The monoisotopic (exact) mass is 320 g/mol. The van der Waals surface area contributed by atoms with Gasteiger partial charge in [-0.3, -0.25) is 0 Å². The van der Waals surface area contributed by atoms with E-state index in [1.54, 1.807) is 18.9 Å². The van der Waals surface area contributed by atoms with Crippen LogP contribution in [0.2, 0.25) is 0 Å². The molecule has 0 fully saturated rings. The lowest BCUT2D eigenvalue weighted by atomic mass is 10.1. The number of benzene rings is 1. The van der Waals surface area contributed by atoms with Gasteiger partial charge in [0.2, 0.25) is 0 Å². The zero-order valence-corrected chi connectivity index (χ0v) is 13.6. The first-order valence-electron chi connectivity index (χ1n) is 6.42. The number of hydrogen-bond acceptors (Lipinski definition) is 6. The Kier molecular flexibility index (Phi) is 6.05. The smallest absolute Gasteiger partial charge is 0.170 e. The molecule has 0 amide bonds. The van der Waals surface area contributed by atoms with E-state index in [9.17, 15) is 0 Å². The summed E-state index contributed by atoms with van der Waals surface area (Å²) in [5, 5.41) is 8.81. The second kappa shape index (κ2) is 8.03. The van der Waals surface area contributed by atoms with Crippen LogP contribution in [0.3, 0.4) is 0 Å². The largest absolute Gasteiger partial charge is 0.497 e. The van der Waals surface area contributed by atoms with E-state index in [2.05, 4.69) is 21.2 Å². The number of ether oxygens (including phenoxy) is 1. The number of aliphatic hydroxyl groups is 1. The van der Waals surface area contributed by atoms with E-state index >= 15 is 0 Å². The minimum absolute atomic E-state index is 0.0807. The first-order chi connectivity index (χ1) is 10.2. The molecular formula is C15H16N2O2S2. The second-order valence-electron chi connectivity index (χ2n) is 4.19. The maximum atomic E-state index is 8.81. The summed E-state index contributed by atoms with van der Waals surface area (Å²) in [6.07, 6.45) is 0.480. The zero-order valence-electron chi connectivity index (χ0n) is 11.9. The van der Waals surface area contributed by atoms with Crippen molar-refractivity contribution >= 4 is 23.3 Å². The molecule has 2 aromatic rings. The Bertz CT molecular complexity index is 659. The summed E-state index contributed by atoms with van der Waals surface area (Å²) < 4.78 is 10.4. The third-order valence-corrected chi connectivity index (χ3v) is 4.61. The molecule has 1 aromatic carbocycles. The van der Waals surface area contributed by atoms with Crippen LogP contribution in [-0.4, -0.2) is 28.2 Å². The highest BCUT2D eigenvalue weighted by atomic mass is 32.2. The molecule has 0 saturated carbocycles. The van der Waals surface area contributed by atoms with Crippen molar-refractivity contribution in [2.75, 3.05) is 13.7 Å². The van der Waals surface area contributed by atoms with Crippen LogP contribution in [0.15, 0.2) is 22.5 Å². The van der Waals surface area contributed by atoms with Gasteiger partial charge in [0.25, 0.3) is 0 Å². The van der Waals surface area contributed by atoms with Gasteiger partial charge in [0.1, 0.15) is 11.6 Å². The fourth-order valence-corrected chi connectivity index (χ4v) is 3.27. The quantitative estimate of drug-likeness (QED) is 0.678. The van der Waals surface area contributed by atoms with Gasteiger partial charge in [-0.2, -0.15) is 4.37 Å². The van der Waals surface area contributed by atoms with Gasteiger partial charge in [-0.05, 0) is 42.2 Å². The van der Waals surface area contributed by atoms with Crippen LogP contribution in [-0.2, 0) is 5.75 Å². The molecule has 1 N–H and O–H groups in total. The van der Waals surface area contributed by atoms with Gasteiger partial charge >= 0.3 is 0 Å². The van der Waals surface area contributed by atoms with Crippen molar-refractivity contribution in [1.82, 2.24) is 9.36 Å². The average Bonchev–Trinajstić information content (AvgIpc) is 2.92. The lowest BCUT2D eigenvalue weighted by Gasteiger charge is -2.06. The molecule has 0 spiro atoms. The molecule has 0 aliphatic heterocycles. The summed E-state index contributed by atoms with van der Waals surface area (Å²) in [4.78, 5) is 4.34. The van der Waals surface area contributed by atoms with Gasteiger partial charge in [0, 0.05) is 17.7 Å². The number of nitrogens with zero attached hydrogens (tertiary/aromatic N) is 2.